The Morgan fingerprint density at radius 2 is 1.39 bits per heavy atom. The second kappa shape index (κ2) is 10.3. The van der Waals surface area contributed by atoms with Gasteiger partial charge in [-0.2, -0.15) is 8.42 Å². The summed E-state index contributed by atoms with van der Waals surface area (Å²) in [7, 11) is -3.36. The van der Waals surface area contributed by atoms with Crippen molar-refractivity contribution in [1.29, 1.82) is 0 Å². The van der Waals surface area contributed by atoms with E-state index in [2.05, 4.69) is 38.2 Å². The molecule has 0 rings (SSSR count). The maximum Gasteiger partial charge on any atom is 0.264 e. The number of hydrogen-bond donors (Lipinski definition) is 0. The van der Waals surface area contributed by atoms with E-state index in [0.717, 1.165) is 44.8 Å². The van der Waals surface area contributed by atoms with E-state index in [4.69, 9.17) is 4.18 Å². The van der Waals surface area contributed by atoms with Crippen LogP contribution < -0.4 is 0 Å². The zero-order valence-corrected chi connectivity index (χ0v) is 12.6. The van der Waals surface area contributed by atoms with Gasteiger partial charge in [-0.05, 0) is 38.5 Å². The monoisotopic (exact) mass is 274 g/mol. The van der Waals surface area contributed by atoms with Gasteiger partial charge in [0, 0.05) is 0 Å². The van der Waals surface area contributed by atoms with E-state index >= 15 is 0 Å². The number of rotatable bonds is 10. The third kappa shape index (κ3) is 11.9. The molecule has 0 amide bonds. The minimum Gasteiger partial charge on any atom is -0.267 e. The van der Waals surface area contributed by atoms with E-state index in [9.17, 15) is 8.42 Å². The van der Waals surface area contributed by atoms with Crippen LogP contribution in [0.1, 0.15) is 52.4 Å². The molecule has 106 valence electrons. The number of hydrogen-bond acceptors (Lipinski definition) is 3. The van der Waals surface area contributed by atoms with Gasteiger partial charge >= 0.3 is 0 Å². The molecule has 3 nitrogen and oxygen atoms in total. The average molecular weight is 274 g/mol. The Morgan fingerprint density at radius 1 is 0.944 bits per heavy atom. The topological polar surface area (TPSA) is 43.4 Å². The summed E-state index contributed by atoms with van der Waals surface area (Å²) >= 11 is 0. The first-order valence-corrected chi connectivity index (χ1v) is 8.49. The van der Waals surface area contributed by atoms with Gasteiger partial charge in [-0.15, -0.1) is 0 Å². The van der Waals surface area contributed by atoms with Crippen LogP contribution in [-0.2, 0) is 14.3 Å². The van der Waals surface area contributed by atoms with Crippen molar-refractivity contribution in [1.82, 2.24) is 0 Å². The van der Waals surface area contributed by atoms with Gasteiger partial charge in [0.25, 0.3) is 10.1 Å². The molecule has 0 aliphatic rings. The molecular weight excluding hydrogens is 248 g/mol. The van der Waals surface area contributed by atoms with Crippen molar-refractivity contribution in [3.63, 3.8) is 0 Å². The van der Waals surface area contributed by atoms with Crippen LogP contribution in [0.4, 0.5) is 0 Å². The minimum atomic E-state index is -3.36. The Labute approximate surface area is 112 Å². The van der Waals surface area contributed by atoms with Gasteiger partial charge in [0.2, 0.25) is 0 Å². The molecule has 0 spiro atoms. The van der Waals surface area contributed by atoms with Crippen LogP contribution in [0.15, 0.2) is 24.3 Å². The molecule has 0 aromatic heterocycles. The van der Waals surface area contributed by atoms with Crippen molar-refractivity contribution in [2.45, 2.75) is 58.5 Å². The van der Waals surface area contributed by atoms with E-state index in [1.165, 1.54) is 0 Å². The average Bonchev–Trinajstić information content (AvgIpc) is 2.28. The maximum absolute atomic E-state index is 11.2. The molecule has 0 saturated carbocycles. The van der Waals surface area contributed by atoms with Crippen LogP contribution >= 0.6 is 0 Å². The van der Waals surface area contributed by atoms with Crippen LogP contribution in [0.2, 0.25) is 0 Å². The van der Waals surface area contributed by atoms with Crippen molar-refractivity contribution < 1.29 is 12.6 Å². The summed E-state index contributed by atoms with van der Waals surface area (Å²) in [6, 6.07) is 0. The molecule has 0 aromatic rings. The first-order chi connectivity index (χ1) is 8.49. The fourth-order valence-electron chi connectivity index (χ4n) is 1.62. The van der Waals surface area contributed by atoms with E-state index in [1.807, 2.05) is 0 Å². The predicted molar refractivity (Wildman–Crippen MR) is 77.0 cm³/mol. The standard InChI is InChI=1S/C14H26O3S/c1-4-6-8-10-12-14(17-18(3,15)16)13-11-9-7-5-2/h6-9,14H,4-5,10-13H2,1-3H3. The van der Waals surface area contributed by atoms with Crippen LogP contribution in [0.3, 0.4) is 0 Å². The van der Waals surface area contributed by atoms with Gasteiger partial charge in [-0.3, -0.25) is 4.18 Å². The quantitative estimate of drug-likeness (QED) is 0.449. The summed E-state index contributed by atoms with van der Waals surface area (Å²) in [4.78, 5) is 0. The maximum atomic E-state index is 11.2. The molecule has 0 radical (unpaired) electrons. The zero-order valence-electron chi connectivity index (χ0n) is 11.8. The van der Waals surface area contributed by atoms with E-state index in [-0.39, 0.29) is 6.10 Å². The van der Waals surface area contributed by atoms with Gasteiger partial charge in [0.1, 0.15) is 0 Å². The lowest BCUT2D eigenvalue weighted by atomic mass is 10.1. The van der Waals surface area contributed by atoms with Crippen molar-refractivity contribution >= 4 is 10.1 Å². The molecule has 0 saturated heterocycles. The lowest BCUT2D eigenvalue weighted by Gasteiger charge is -2.14. The van der Waals surface area contributed by atoms with Gasteiger partial charge < -0.3 is 0 Å². The molecule has 0 aromatic carbocycles. The summed E-state index contributed by atoms with van der Waals surface area (Å²) in [6.45, 7) is 4.16. The molecule has 0 atom stereocenters. The van der Waals surface area contributed by atoms with Gasteiger partial charge in [-0.1, -0.05) is 38.2 Å². The van der Waals surface area contributed by atoms with E-state index in [1.54, 1.807) is 0 Å². The summed E-state index contributed by atoms with van der Waals surface area (Å²) < 4.78 is 27.4. The lowest BCUT2D eigenvalue weighted by Crippen LogP contribution is -2.17. The molecule has 4 heteroatoms. The first-order valence-electron chi connectivity index (χ1n) is 6.67. The summed E-state index contributed by atoms with van der Waals surface area (Å²) in [6.07, 6.45) is 14.5. The molecule has 0 heterocycles. The van der Waals surface area contributed by atoms with E-state index in [0.29, 0.717) is 0 Å². The third-order valence-corrected chi connectivity index (χ3v) is 3.05. The number of allylic oxidation sites excluding steroid dienone is 4. The van der Waals surface area contributed by atoms with E-state index < -0.39 is 10.1 Å². The Kier molecular flexibility index (Phi) is 9.98. The Hall–Kier alpha value is -0.610. The molecule has 18 heavy (non-hydrogen) atoms. The molecule has 0 bridgehead atoms. The molecule has 0 unspecified atom stereocenters. The van der Waals surface area contributed by atoms with Gasteiger partial charge in [-0.25, -0.2) is 0 Å². The predicted octanol–water partition coefficient (Wildman–Crippen LogP) is 3.82. The Morgan fingerprint density at radius 3 is 1.72 bits per heavy atom. The zero-order chi connectivity index (χ0) is 13.9. The second-order valence-corrected chi connectivity index (χ2v) is 5.94. The first kappa shape index (κ1) is 17.4. The van der Waals surface area contributed by atoms with Crippen LogP contribution in [0.5, 0.6) is 0 Å². The lowest BCUT2D eigenvalue weighted by molar-refractivity contribution is 0.193. The second-order valence-electron chi connectivity index (χ2n) is 4.34. The molecule has 0 aliphatic heterocycles. The summed E-state index contributed by atoms with van der Waals surface area (Å²) in [5.74, 6) is 0. The van der Waals surface area contributed by atoms with Crippen LogP contribution in [0, 0.1) is 0 Å². The fourth-order valence-corrected chi connectivity index (χ4v) is 2.31. The fraction of sp³-hybridized carbons (Fsp3) is 0.714. The normalized spacial score (nSPS) is 14.6. The highest BCUT2D eigenvalue weighted by molar-refractivity contribution is 7.86. The largest absolute Gasteiger partial charge is 0.267 e. The highest BCUT2D eigenvalue weighted by Crippen LogP contribution is 2.13. The smallest absolute Gasteiger partial charge is 0.264 e. The van der Waals surface area contributed by atoms with Crippen LogP contribution in [0.25, 0.3) is 0 Å². The van der Waals surface area contributed by atoms with Crippen molar-refractivity contribution in [2.75, 3.05) is 6.26 Å². The summed E-state index contributed by atoms with van der Waals surface area (Å²) in [5, 5.41) is 0. The molecule has 0 aliphatic carbocycles. The van der Waals surface area contributed by atoms with Crippen molar-refractivity contribution in [3.05, 3.63) is 24.3 Å². The van der Waals surface area contributed by atoms with Gasteiger partial charge in [0.15, 0.2) is 0 Å². The third-order valence-electron chi connectivity index (χ3n) is 2.43. The summed E-state index contributed by atoms with van der Waals surface area (Å²) in [5.41, 5.74) is 0. The highest BCUT2D eigenvalue weighted by atomic mass is 32.2. The minimum absolute atomic E-state index is 0.206. The van der Waals surface area contributed by atoms with Gasteiger partial charge in [0.05, 0.1) is 12.4 Å². The molecule has 0 N–H and O–H groups in total. The highest BCUT2D eigenvalue weighted by Gasteiger charge is 2.13. The van der Waals surface area contributed by atoms with Crippen LogP contribution in [-0.4, -0.2) is 20.8 Å². The SMILES string of the molecule is CCC=CCCC(CCC=CCC)OS(C)(=O)=O. The molecular formula is C14H26O3S. The van der Waals surface area contributed by atoms with Crippen molar-refractivity contribution in [2.24, 2.45) is 0 Å². The molecule has 0 fully saturated rings. The Balaban J connectivity index is 4.16. The van der Waals surface area contributed by atoms with Crippen molar-refractivity contribution in [3.8, 4) is 0 Å². The Bertz CT molecular complexity index is 324.